The van der Waals surface area contributed by atoms with E-state index in [0.29, 0.717) is 41.5 Å². The summed E-state index contributed by atoms with van der Waals surface area (Å²) in [7, 11) is 0. The average molecular weight is 340 g/mol. The van der Waals surface area contributed by atoms with Crippen LogP contribution >= 0.6 is 0 Å². The maximum absolute atomic E-state index is 12.3. The molecule has 1 aliphatic rings. The molecule has 0 spiro atoms. The van der Waals surface area contributed by atoms with Gasteiger partial charge in [0.15, 0.2) is 17.1 Å². The van der Waals surface area contributed by atoms with E-state index in [2.05, 4.69) is 5.32 Å². The molecule has 7 heteroatoms. The summed E-state index contributed by atoms with van der Waals surface area (Å²) < 4.78 is 17.6. The van der Waals surface area contributed by atoms with Crippen LogP contribution in [0.3, 0.4) is 0 Å². The number of nitrogens with zero attached hydrogens (tertiary/aromatic N) is 1. The predicted molar refractivity (Wildman–Crippen MR) is 91.2 cm³/mol. The normalized spacial score (nSPS) is 13.4. The highest BCUT2D eigenvalue weighted by Crippen LogP contribution is 2.32. The van der Waals surface area contributed by atoms with E-state index in [1.807, 2.05) is 0 Å². The predicted octanol–water partition coefficient (Wildman–Crippen LogP) is 2.39. The van der Waals surface area contributed by atoms with Crippen LogP contribution in [0.15, 0.2) is 51.7 Å². The summed E-state index contributed by atoms with van der Waals surface area (Å²) in [5.74, 6) is 0.368. The summed E-state index contributed by atoms with van der Waals surface area (Å²) in [5.41, 5.74) is 1.62. The third-order valence-corrected chi connectivity index (χ3v) is 3.91. The molecule has 1 amide bonds. The number of fused-ring (bicyclic) bond motifs is 2. The standard InChI is InChI=1S/C18H16N2O5/c21-17(11-20-13-4-1-2-5-14(13)25-18(20)22)19-12-6-7-15-16(10-12)24-9-3-8-23-15/h1-2,4-7,10H,3,8-9,11H2,(H,19,21). The Hall–Kier alpha value is -3.22. The third kappa shape index (κ3) is 3.08. The van der Waals surface area contributed by atoms with Crippen molar-refractivity contribution < 1.29 is 18.7 Å². The first-order chi connectivity index (χ1) is 12.2. The summed E-state index contributed by atoms with van der Waals surface area (Å²) >= 11 is 0. The van der Waals surface area contributed by atoms with Crippen LogP contribution in [0.2, 0.25) is 0 Å². The van der Waals surface area contributed by atoms with Gasteiger partial charge in [-0.15, -0.1) is 0 Å². The average Bonchev–Trinajstić information content (AvgIpc) is 2.78. The Morgan fingerprint density at radius 2 is 1.88 bits per heavy atom. The summed E-state index contributed by atoms with van der Waals surface area (Å²) in [4.78, 5) is 24.3. The van der Waals surface area contributed by atoms with Gasteiger partial charge in [0.25, 0.3) is 0 Å². The number of hydrogen-bond donors (Lipinski definition) is 1. The number of oxazole rings is 1. The van der Waals surface area contributed by atoms with Crippen LogP contribution in [-0.2, 0) is 11.3 Å². The SMILES string of the molecule is O=C(Cn1c(=O)oc2ccccc21)Nc1ccc2c(c1)OCCCO2. The molecular weight excluding hydrogens is 324 g/mol. The monoisotopic (exact) mass is 340 g/mol. The number of nitrogens with one attached hydrogen (secondary N) is 1. The lowest BCUT2D eigenvalue weighted by atomic mass is 10.2. The highest BCUT2D eigenvalue weighted by Gasteiger charge is 2.14. The molecule has 4 rings (SSSR count). The molecule has 0 saturated carbocycles. The lowest BCUT2D eigenvalue weighted by molar-refractivity contribution is -0.116. The number of amides is 1. The number of carbonyl (C=O) groups excluding carboxylic acids is 1. The highest BCUT2D eigenvalue weighted by molar-refractivity contribution is 5.91. The molecule has 7 nitrogen and oxygen atoms in total. The number of rotatable bonds is 3. The molecule has 1 N–H and O–H groups in total. The Labute approximate surface area is 142 Å². The molecule has 0 bridgehead atoms. The van der Waals surface area contributed by atoms with E-state index < -0.39 is 5.76 Å². The molecule has 0 radical (unpaired) electrons. The summed E-state index contributed by atoms with van der Waals surface area (Å²) in [6.45, 7) is 1.04. The Morgan fingerprint density at radius 3 is 2.76 bits per heavy atom. The molecule has 1 aromatic heterocycles. The van der Waals surface area contributed by atoms with Gasteiger partial charge in [-0.1, -0.05) is 12.1 Å². The third-order valence-electron chi connectivity index (χ3n) is 3.91. The van der Waals surface area contributed by atoms with E-state index in [4.69, 9.17) is 13.9 Å². The van der Waals surface area contributed by atoms with Gasteiger partial charge in [-0.05, 0) is 24.3 Å². The van der Waals surface area contributed by atoms with Gasteiger partial charge in [-0.2, -0.15) is 0 Å². The minimum absolute atomic E-state index is 0.135. The van der Waals surface area contributed by atoms with Crippen molar-refractivity contribution in [2.24, 2.45) is 0 Å². The summed E-state index contributed by atoms with van der Waals surface area (Å²) in [6.07, 6.45) is 0.812. The molecule has 0 saturated heterocycles. The molecule has 0 atom stereocenters. The minimum atomic E-state index is -0.560. The second kappa shape index (κ2) is 6.35. The van der Waals surface area contributed by atoms with Crippen LogP contribution in [0, 0.1) is 0 Å². The summed E-state index contributed by atoms with van der Waals surface area (Å²) in [5, 5.41) is 2.77. The molecule has 2 heterocycles. The van der Waals surface area contributed by atoms with E-state index in [-0.39, 0.29) is 12.5 Å². The number of para-hydroxylation sites is 2. The Morgan fingerprint density at radius 1 is 1.08 bits per heavy atom. The second-order valence-corrected chi connectivity index (χ2v) is 5.68. The van der Waals surface area contributed by atoms with Gasteiger partial charge >= 0.3 is 5.76 Å². The van der Waals surface area contributed by atoms with Gasteiger partial charge in [0.2, 0.25) is 5.91 Å². The minimum Gasteiger partial charge on any atom is -0.490 e. The number of benzene rings is 2. The maximum atomic E-state index is 12.3. The summed E-state index contributed by atoms with van der Waals surface area (Å²) in [6, 6.07) is 12.2. The topological polar surface area (TPSA) is 82.7 Å². The van der Waals surface area contributed by atoms with E-state index >= 15 is 0 Å². The number of carbonyl (C=O) groups is 1. The van der Waals surface area contributed by atoms with E-state index in [1.165, 1.54) is 4.57 Å². The Kier molecular flexibility index (Phi) is 3.89. The van der Waals surface area contributed by atoms with Crippen LogP contribution in [0.1, 0.15) is 6.42 Å². The number of hydrogen-bond acceptors (Lipinski definition) is 5. The van der Waals surface area contributed by atoms with Crippen molar-refractivity contribution in [2.75, 3.05) is 18.5 Å². The van der Waals surface area contributed by atoms with Crippen molar-refractivity contribution in [3.05, 3.63) is 53.0 Å². The first-order valence-corrected chi connectivity index (χ1v) is 7.98. The van der Waals surface area contributed by atoms with Gasteiger partial charge in [0, 0.05) is 18.2 Å². The number of anilines is 1. The fraction of sp³-hybridized carbons (Fsp3) is 0.222. The van der Waals surface area contributed by atoms with Gasteiger partial charge in [-0.25, -0.2) is 4.79 Å². The van der Waals surface area contributed by atoms with Crippen LogP contribution in [0.4, 0.5) is 5.69 Å². The molecule has 0 aliphatic carbocycles. The first-order valence-electron chi connectivity index (χ1n) is 7.98. The molecule has 25 heavy (non-hydrogen) atoms. The fourth-order valence-electron chi connectivity index (χ4n) is 2.75. The van der Waals surface area contributed by atoms with Gasteiger partial charge in [0.1, 0.15) is 6.54 Å². The number of aromatic nitrogens is 1. The van der Waals surface area contributed by atoms with Crippen LogP contribution < -0.4 is 20.5 Å². The highest BCUT2D eigenvalue weighted by atomic mass is 16.5. The second-order valence-electron chi connectivity index (χ2n) is 5.68. The molecule has 128 valence electrons. The zero-order valence-corrected chi connectivity index (χ0v) is 13.4. The molecule has 2 aromatic carbocycles. The molecule has 3 aromatic rings. The van der Waals surface area contributed by atoms with Crippen molar-refractivity contribution in [2.45, 2.75) is 13.0 Å². The van der Waals surface area contributed by atoms with E-state index in [0.717, 1.165) is 6.42 Å². The van der Waals surface area contributed by atoms with Crippen molar-refractivity contribution in [3.63, 3.8) is 0 Å². The number of ether oxygens (including phenoxy) is 2. The zero-order chi connectivity index (χ0) is 17.2. The van der Waals surface area contributed by atoms with Gasteiger partial charge < -0.3 is 19.2 Å². The van der Waals surface area contributed by atoms with Crippen molar-refractivity contribution in [3.8, 4) is 11.5 Å². The van der Waals surface area contributed by atoms with Crippen LogP contribution in [0.5, 0.6) is 11.5 Å². The molecule has 0 unspecified atom stereocenters. The van der Waals surface area contributed by atoms with E-state index in [9.17, 15) is 9.59 Å². The van der Waals surface area contributed by atoms with Crippen LogP contribution in [0.25, 0.3) is 11.1 Å². The van der Waals surface area contributed by atoms with Crippen molar-refractivity contribution >= 4 is 22.7 Å². The quantitative estimate of drug-likeness (QED) is 0.792. The smallest absolute Gasteiger partial charge is 0.420 e. The van der Waals surface area contributed by atoms with E-state index in [1.54, 1.807) is 42.5 Å². The van der Waals surface area contributed by atoms with Crippen LogP contribution in [-0.4, -0.2) is 23.7 Å². The molecule has 1 aliphatic heterocycles. The lowest BCUT2D eigenvalue weighted by Gasteiger charge is -2.10. The lowest BCUT2D eigenvalue weighted by Crippen LogP contribution is -2.24. The van der Waals surface area contributed by atoms with Gasteiger partial charge in [-0.3, -0.25) is 9.36 Å². The van der Waals surface area contributed by atoms with Crippen molar-refractivity contribution in [1.29, 1.82) is 0 Å². The van der Waals surface area contributed by atoms with Crippen molar-refractivity contribution in [1.82, 2.24) is 4.57 Å². The Balaban J connectivity index is 1.53. The maximum Gasteiger partial charge on any atom is 0.420 e. The first kappa shape index (κ1) is 15.3. The fourth-order valence-corrected chi connectivity index (χ4v) is 2.75. The zero-order valence-electron chi connectivity index (χ0n) is 13.4. The van der Waals surface area contributed by atoms with Gasteiger partial charge in [0.05, 0.1) is 18.7 Å². The largest absolute Gasteiger partial charge is 0.490 e. The molecular formula is C18H16N2O5. The molecule has 0 fully saturated rings. The Bertz CT molecular complexity index is 989.